The molecule has 0 amide bonds. The van der Waals surface area contributed by atoms with Gasteiger partial charge in [-0.1, -0.05) is 6.92 Å². The van der Waals surface area contributed by atoms with Gasteiger partial charge in [-0.25, -0.2) is 4.39 Å². The molecule has 2 fully saturated rings. The Bertz CT molecular complexity index is 586. The Morgan fingerprint density at radius 3 is 2.10 bits per heavy atom. The fourth-order valence-corrected chi connectivity index (χ4v) is 3.49. The van der Waals surface area contributed by atoms with Crippen molar-refractivity contribution in [1.29, 1.82) is 0 Å². The largest absolute Gasteiger partial charge is 0.505 e. The fraction of sp³-hybridized carbons (Fsp3) is 0.571. The number of benzene rings is 1. The maximum absolute atomic E-state index is 14.1. The minimum Gasteiger partial charge on any atom is -0.505 e. The van der Waals surface area contributed by atoms with E-state index in [2.05, 4.69) is 15.9 Å². The number of hydrogen-bond acceptors (Lipinski definition) is 1. The van der Waals surface area contributed by atoms with Crippen molar-refractivity contribution < 1.29 is 22.7 Å². The minimum atomic E-state index is -4.47. The first-order chi connectivity index (χ1) is 9.12. The normalized spacial score (nSPS) is 22.7. The van der Waals surface area contributed by atoms with Crippen molar-refractivity contribution in [1.82, 2.24) is 0 Å². The van der Waals surface area contributed by atoms with Crippen LogP contribution in [0.2, 0.25) is 0 Å². The lowest BCUT2D eigenvalue weighted by atomic mass is 9.88. The Labute approximate surface area is 122 Å². The molecular weight excluding hydrogens is 340 g/mol. The van der Waals surface area contributed by atoms with Gasteiger partial charge < -0.3 is 5.11 Å². The topological polar surface area (TPSA) is 20.2 Å². The van der Waals surface area contributed by atoms with Gasteiger partial charge in [0.25, 0.3) is 0 Å². The van der Waals surface area contributed by atoms with Crippen molar-refractivity contribution >= 4 is 15.9 Å². The monoisotopic (exact) mass is 352 g/mol. The summed E-state index contributed by atoms with van der Waals surface area (Å²) in [5.41, 5.74) is -2.14. The van der Waals surface area contributed by atoms with Crippen LogP contribution in [0.1, 0.15) is 43.7 Å². The molecule has 0 heterocycles. The van der Waals surface area contributed by atoms with Crippen LogP contribution in [-0.2, 0) is 10.8 Å². The zero-order valence-electron chi connectivity index (χ0n) is 10.7. The van der Waals surface area contributed by atoms with Gasteiger partial charge in [0.2, 0.25) is 0 Å². The lowest BCUT2D eigenvalue weighted by Crippen LogP contribution is -2.29. The summed E-state index contributed by atoms with van der Waals surface area (Å²) in [4.78, 5) is 0. The third-order valence-corrected chi connectivity index (χ3v) is 5.41. The fourth-order valence-electron chi connectivity index (χ4n) is 2.71. The van der Waals surface area contributed by atoms with Gasteiger partial charge >= 0.3 is 6.18 Å². The molecule has 110 valence electrons. The van der Waals surface area contributed by atoms with Crippen LogP contribution >= 0.6 is 15.9 Å². The quantitative estimate of drug-likeness (QED) is 0.747. The number of halogens is 5. The van der Waals surface area contributed by atoms with Crippen molar-refractivity contribution in [3.05, 3.63) is 27.5 Å². The van der Waals surface area contributed by atoms with E-state index in [1.165, 1.54) is 6.07 Å². The Hall–Kier alpha value is -0.780. The summed E-state index contributed by atoms with van der Waals surface area (Å²) >= 11 is 3.06. The van der Waals surface area contributed by atoms with E-state index in [0.29, 0.717) is 5.56 Å². The summed E-state index contributed by atoms with van der Waals surface area (Å²) in [5.74, 6) is -1.86. The first-order valence-corrected chi connectivity index (χ1v) is 7.20. The van der Waals surface area contributed by atoms with Crippen LogP contribution in [0.5, 0.6) is 5.75 Å². The first-order valence-electron chi connectivity index (χ1n) is 6.41. The first kappa shape index (κ1) is 14.2. The molecular formula is C14H13BrF4O. The van der Waals surface area contributed by atoms with E-state index in [0.717, 1.165) is 12.8 Å². The van der Waals surface area contributed by atoms with Crippen LogP contribution in [0.4, 0.5) is 17.6 Å². The zero-order valence-corrected chi connectivity index (χ0v) is 12.3. The van der Waals surface area contributed by atoms with Gasteiger partial charge in [-0.3, -0.25) is 0 Å². The van der Waals surface area contributed by atoms with Crippen molar-refractivity contribution in [3.8, 4) is 5.75 Å². The molecule has 0 aromatic heterocycles. The van der Waals surface area contributed by atoms with E-state index in [4.69, 9.17) is 0 Å². The number of aromatic hydroxyl groups is 1. The lowest BCUT2D eigenvalue weighted by molar-refractivity contribution is -0.161. The zero-order chi connectivity index (χ0) is 14.9. The molecule has 1 N–H and O–H groups in total. The third-order valence-electron chi connectivity index (χ3n) is 4.64. The number of hydrogen-bond donors (Lipinski definition) is 1. The van der Waals surface area contributed by atoms with Crippen LogP contribution in [0.3, 0.4) is 0 Å². The Morgan fingerprint density at radius 2 is 1.70 bits per heavy atom. The molecule has 0 saturated heterocycles. The minimum absolute atomic E-state index is 0.0803. The second-order valence-electron chi connectivity index (χ2n) is 6.09. The molecule has 0 spiro atoms. The molecule has 1 aromatic rings. The van der Waals surface area contributed by atoms with E-state index in [-0.39, 0.29) is 28.3 Å². The van der Waals surface area contributed by atoms with Gasteiger partial charge in [-0.2, -0.15) is 13.2 Å². The van der Waals surface area contributed by atoms with E-state index in [9.17, 15) is 22.7 Å². The highest BCUT2D eigenvalue weighted by molar-refractivity contribution is 9.10. The number of phenolic OH excluding ortho intramolecular Hbond substituents is 1. The van der Waals surface area contributed by atoms with Gasteiger partial charge in [0.1, 0.15) is 0 Å². The summed E-state index contributed by atoms with van der Waals surface area (Å²) in [6.45, 7) is 1.89. The maximum atomic E-state index is 14.1. The van der Waals surface area contributed by atoms with E-state index in [1.54, 1.807) is 0 Å². The van der Waals surface area contributed by atoms with E-state index >= 15 is 0 Å². The van der Waals surface area contributed by atoms with Gasteiger partial charge in [0.15, 0.2) is 11.6 Å². The van der Waals surface area contributed by atoms with Gasteiger partial charge in [-0.15, -0.1) is 0 Å². The van der Waals surface area contributed by atoms with Crippen LogP contribution in [-0.4, -0.2) is 11.3 Å². The van der Waals surface area contributed by atoms with Gasteiger partial charge in [0.05, 0.1) is 9.89 Å². The highest BCUT2D eigenvalue weighted by atomic mass is 79.9. The molecule has 1 aromatic carbocycles. The predicted molar refractivity (Wildman–Crippen MR) is 69.3 cm³/mol. The number of alkyl halides is 3. The molecule has 0 atom stereocenters. The molecule has 0 bridgehead atoms. The second-order valence-corrected chi connectivity index (χ2v) is 6.88. The maximum Gasteiger partial charge on any atom is 0.398 e. The molecule has 20 heavy (non-hydrogen) atoms. The molecule has 0 radical (unpaired) electrons. The van der Waals surface area contributed by atoms with Crippen LogP contribution in [0.25, 0.3) is 0 Å². The highest BCUT2D eigenvalue weighted by Gasteiger charge is 2.65. The summed E-state index contributed by atoms with van der Waals surface area (Å²) in [6, 6.07) is 1.34. The number of phenols is 1. The molecule has 6 heteroatoms. The smallest absolute Gasteiger partial charge is 0.398 e. The standard InChI is InChI=1S/C14H13BrF4O/c1-12(2-3-12)7-6-8(11(20)10(16)9(7)15)13(4-5-13)14(17,18)19/h6,20H,2-5H2,1H3. The number of rotatable bonds is 2. The summed E-state index contributed by atoms with van der Waals surface area (Å²) in [5, 5.41) is 9.82. The average Bonchev–Trinajstić information content (AvgIpc) is 3.22. The average molecular weight is 353 g/mol. The third kappa shape index (κ3) is 1.80. The molecule has 0 aliphatic heterocycles. The predicted octanol–water partition coefficient (Wildman–Crippen LogP) is 4.94. The highest BCUT2D eigenvalue weighted by Crippen LogP contribution is 2.62. The molecule has 1 nitrogen and oxygen atoms in total. The second kappa shape index (κ2) is 3.90. The van der Waals surface area contributed by atoms with Crippen LogP contribution in [0.15, 0.2) is 10.5 Å². The van der Waals surface area contributed by atoms with Gasteiger partial charge in [-0.05, 0) is 58.7 Å². The molecule has 3 rings (SSSR count). The van der Waals surface area contributed by atoms with Crippen molar-refractivity contribution in [2.75, 3.05) is 0 Å². The molecule has 2 saturated carbocycles. The van der Waals surface area contributed by atoms with Crippen molar-refractivity contribution in [2.24, 2.45) is 0 Å². The molecule has 0 unspecified atom stereocenters. The van der Waals surface area contributed by atoms with Crippen LogP contribution in [0, 0.1) is 5.82 Å². The Morgan fingerprint density at radius 1 is 1.15 bits per heavy atom. The lowest BCUT2D eigenvalue weighted by Gasteiger charge is -2.24. The van der Waals surface area contributed by atoms with Gasteiger partial charge in [0, 0.05) is 5.56 Å². The van der Waals surface area contributed by atoms with Crippen molar-refractivity contribution in [3.63, 3.8) is 0 Å². The summed E-state index contributed by atoms with van der Waals surface area (Å²) in [7, 11) is 0. The molecule has 2 aliphatic rings. The van der Waals surface area contributed by atoms with E-state index < -0.39 is 23.2 Å². The van der Waals surface area contributed by atoms with E-state index in [1.807, 2.05) is 6.92 Å². The Kier molecular flexibility index (Phi) is 2.76. The summed E-state index contributed by atoms with van der Waals surface area (Å²) < 4.78 is 53.7. The Balaban J connectivity index is 2.20. The van der Waals surface area contributed by atoms with Crippen molar-refractivity contribution in [2.45, 2.75) is 49.6 Å². The SMILES string of the molecule is CC1(c2cc(C3(C(F)(F)F)CC3)c(O)c(F)c2Br)CC1. The van der Waals surface area contributed by atoms with Crippen LogP contribution < -0.4 is 0 Å². The molecule has 2 aliphatic carbocycles. The summed E-state index contributed by atoms with van der Waals surface area (Å²) in [6.07, 6.45) is -3.03.